The molecule has 4 aromatic rings. The fourth-order valence-corrected chi connectivity index (χ4v) is 4.91. The molecule has 6 N–H and O–H groups in total. The third kappa shape index (κ3) is 5.51. The summed E-state index contributed by atoms with van der Waals surface area (Å²) in [5.74, 6) is -0.432. The first kappa shape index (κ1) is 26.9. The second-order valence-corrected chi connectivity index (χ2v) is 9.87. The van der Waals surface area contributed by atoms with E-state index in [0.717, 1.165) is 59.5 Å². The SMILES string of the molecule is CN1CCN(C(=O)c2ccc(-c3cc4c(-c5ccccc5CN)ccc(C(N)=O)c4[nH]3)cc2)CC1.O=C1C=CN1. The number of hydrogen-bond donors (Lipinski definition) is 4. The van der Waals surface area contributed by atoms with Gasteiger partial charge in [0.15, 0.2) is 0 Å². The number of aromatic nitrogens is 1. The van der Waals surface area contributed by atoms with Crippen LogP contribution in [-0.2, 0) is 11.3 Å². The fraction of sp³-hybridized carbons (Fsp3) is 0.194. The second-order valence-electron chi connectivity index (χ2n) is 9.87. The van der Waals surface area contributed by atoms with Crippen molar-refractivity contribution in [3.05, 3.63) is 95.7 Å². The Morgan fingerprint density at radius 3 is 2.20 bits per heavy atom. The molecule has 0 radical (unpaired) electrons. The zero-order valence-corrected chi connectivity index (χ0v) is 22.3. The Morgan fingerprint density at radius 2 is 1.60 bits per heavy atom. The number of aromatic amines is 1. The van der Waals surface area contributed by atoms with Crippen molar-refractivity contribution in [2.75, 3.05) is 33.2 Å². The van der Waals surface area contributed by atoms with Crippen molar-refractivity contribution in [2.45, 2.75) is 6.54 Å². The van der Waals surface area contributed by atoms with Crippen molar-refractivity contribution in [2.24, 2.45) is 11.5 Å². The summed E-state index contributed by atoms with van der Waals surface area (Å²) in [7, 11) is 2.07. The minimum atomic E-state index is -0.491. The predicted octanol–water partition coefficient (Wildman–Crippen LogP) is 3.08. The lowest BCUT2D eigenvalue weighted by molar-refractivity contribution is -0.117. The molecule has 0 atom stereocenters. The van der Waals surface area contributed by atoms with Gasteiger partial charge in [0, 0.05) is 61.6 Å². The number of primary amides is 1. The van der Waals surface area contributed by atoms with Gasteiger partial charge in [0.2, 0.25) is 5.91 Å². The topological polar surface area (TPSA) is 138 Å². The van der Waals surface area contributed by atoms with Crippen molar-refractivity contribution < 1.29 is 14.4 Å². The molecule has 3 amide bonds. The smallest absolute Gasteiger partial charge is 0.253 e. The highest BCUT2D eigenvalue weighted by molar-refractivity contribution is 6.10. The number of likely N-dealkylation sites (N-methyl/N-ethyl adjacent to an activating group) is 1. The summed E-state index contributed by atoms with van der Waals surface area (Å²) in [6.07, 6.45) is 3.07. The van der Waals surface area contributed by atoms with E-state index in [1.165, 1.54) is 6.08 Å². The lowest BCUT2D eigenvalue weighted by atomic mass is 9.95. The molecule has 3 heterocycles. The monoisotopic (exact) mass is 536 g/mol. The number of carbonyl (C=O) groups excluding carboxylic acids is 3. The van der Waals surface area contributed by atoms with E-state index in [4.69, 9.17) is 11.5 Å². The molecule has 0 bridgehead atoms. The molecule has 3 aromatic carbocycles. The van der Waals surface area contributed by atoms with Gasteiger partial charge >= 0.3 is 0 Å². The van der Waals surface area contributed by atoms with Crippen LogP contribution in [0.25, 0.3) is 33.3 Å². The first-order valence-corrected chi connectivity index (χ1v) is 13.1. The van der Waals surface area contributed by atoms with Gasteiger partial charge in [-0.15, -0.1) is 0 Å². The Hall–Kier alpha value is -4.73. The minimum Gasteiger partial charge on any atom is -0.366 e. The van der Waals surface area contributed by atoms with Gasteiger partial charge in [-0.2, -0.15) is 0 Å². The number of nitrogens with one attached hydrogen (secondary N) is 2. The number of H-pyrrole nitrogens is 1. The number of piperazine rings is 1. The van der Waals surface area contributed by atoms with Gasteiger partial charge in [-0.3, -0.25) is 14.4 Å². The summed E-state index contributed by atoms with van der Waals surface area (Å²) >= 11 is 0. The number of benzene rings is 3. The molecular weight excluding hydrogens is 504 g/mol. The largest absolute Gasteiger partial charge is 0.366 e. The summed E-state index contributed by atoms with van der Waals surface area (Å²) < 4.78 is 0. The molecule has 0 aliphatic carbocycles. The van der Waals surface area contributed by atoms with Crippen LogP contribution in [0, 0.1) is 0 Å². The summed E-state index contributed by atoms with van der Waals surface area (Å²) in [6, 6.07) is 21.3. The average Bonchev–Trinajstić information content (AvgIpc) is 3.41. The van der Waals surface area contributed by atoms with E-state index in [2.05, 4.69) is 22.2 Å². The zero-order chi connectivity index (χ0) is 28.2. The van der Waals surface area contributed by atoms with Crippen LogP contribution in [0.3, 0.4) is 0 Å². The van der Waals surface area contributed by atoms with E-state index in [-0.39, 0.29) is 11.8 Å². The first-order chi connectivity index (χ1) is 19.4. The van der Waals surface area contributed by atoms with Crippen molar-refractivity contribution in [1.29, 1.82) is 0 Å². The highest BCUT2D eigenvalue weighted by Gasteiger charge is 2.21. The van der Waals surface area contributed by atoms with E-state index in [9.17, 15) is 14.4 Å². The van der Waals surface area contributed by atoms with E-state index in [1.807, 2.05) is 65.6 Å². The molecule has 2 aliphatic heterocycles. The van der Waals surface area contributed by atoms with Crippen LogP contribution in [0.15, 0.2) is 79.0 Å². The van der Waals surface area contributed by atoms with Crippen LogP contribution in [-0.4, -0.2) is 65.7 Å². The molecule has 6 rings (SSSR count). The van der Waals surface area contributed by atoms with E-state index >= 15 is 0 Å². The van der Waals surface area contributed by atoms with Gasteiger partial charge in [0.1, 0.15) is 0 Å². The van der Waals surface area contributed by atoms with Gasteiger partial charge in [0.25, 0.3) is 11.8 Å². The van der Waals surface area contributed by atoms with Crippen LogP contribution in [0.1, 0.15) is 26.3 Å². The summed E-state index contributed by atoms with van der Waals surface area (Å²) in [5, 5.41) is 3.29. The Balaban J connectivity index is 0.000000582. The number of hydrogen-bond acceptors (Lipinski definition) is 5. The Morgan fingerprint density at radius 1 is 0.925 bits per heavy atom. The van der Waals surface area contributed by atoms with E-state index < -0.39 is 5.91 Å². The number of fused-ring (bicyclic) bond motifs is 1. The molecule has 0 unspecified atom stereocenters. The molecule has 40 heavy (non-hydrogen) atoms. The summed E-state index contributed by atoms with van der Waals surface area (Å²) in [6.45, 7) is 3.66. The second kappa shape index (κ2) is 11.6. The zero-order valence-electron chi connectivity index (χ0n) is 22.3. The predicted molar refractivity (Wildman–Crippen MR) is 156 cm³/mol. The minimum absolute atomic E-state index is 0.00463. The van der Waals surface area contributed by atoms with Crippen LogP contribution < -0.4 is 16.8 Å². The van der Waals surface area contributed by atoms with Gasteiger partial charge in [0.05, 0.1) is 11.1 Å². The molecule has 1 saturated heterocycles. The van der Waals surface area contributed by atoms with Gasteiger partial charge in [-0.05, 0) is 53.6 Å². The quantitative estimate of drug-likeness (QED) is 0.311. The summed E-state index contributed by atoms with van der Waals surface area (Å²) in [4.78, 5) is 42.3. The maximum Gasteiger partial charge on any atom is 0.253 e. The number of nitrogens with zero attached hydrogens (tertiary/aromatic N) is 2. The lowest BCUT2D eigenvalue weighted by Gasteiger charge is -2.32. The third-order valence-electron chi connectivity index (χ3n) is 7.28. The van der Waals surface area contributed by atoms with Crippen LogP contribution >= 0.6 is 0 Å². The Labute approximate surface area is 232 Å². The molecule has 0 saturated carbocycles. The molecule has 2 aliphatic rings. The maximum atomic E-state index is 12.9. The molecule has 204 valence electrons. The normalized spacial score (nSPS) is 14.8. The van der Waals surface area contributed by atoms with Crippen LogP contribution in [0.5, 0.6) is 0 Å². The molecular formula is C31H32N6O3. The van der Waals surface area contributed by atoms with Crippen molar-refractivity contribution in [3.63, 3.8) is 0 Å². The van der Waals surface area contributed by atoms with Crippen molar-refractivity contribution in [3.8, 4) is 22.4 Å². The standard InChI is InChI=1S/C28H29N5O2.C3H3NO/c1-32-12-14-33(15-13-32)28(35)19-8-6-18(7-9-19)25-16-24-22(21-5-3-2-4-20(21)17-29)10-11-23(27(30)34)26(24)31-25;5-3-1-2-4-3/h2-11,16,31H,12-15,17,29H2,1H3,(H2,30,34);1-2H,(H,4,5). The maximum absolute atomic E-state index is 12.9. The van der Waals surface area contributed by atoms with E-state index in [1.54, 1.807) is 12.3 Å². The van der Waals surface area contributed by atoms with Crippen LogP contribution in [0.2, 0.25) is 0 Å². The molecule has 1 fully saturated rings. The Kier molecular flexibility index (Phi) is 7.77. The number of carbonyl (C=O) groups is 3. The Bertz CT molecular complexity index is 1600. The number of nitrogens with two attached hydrogens (primary N) is 2. The van der Waals surface area contributed by atoms with Gasteiger partial charge in [-0.1, -0.05) is 42.5 Å². The van der Waals surface area contributed by atoms with Crippen molar-refractivity contribution >= 4 is 28.6 Å². The third-order valence-corrected chi connectivity index (χ3v) is 7.28. The van der Waals surface area contributed by atoms with E-state index in [0.29, 0.717) is 23.2 Å². The fourth-order valence-electron chi connectivity index (χ4n) is 4.91. The molecule has 9 nitrogen and oxygen atoms in total. The highest BCUT2D eigenvalue weighted by Crippen LogP contribution is 2.35. The molecule has 0 spiro atoms. The van der Waals surface area contributed by atoms with Gasteiger partial charge in [-0.25, -0.2) is 0 Å². The lowest BCUT2D eigenvalue weighted by Crippen LogP contribution is -2.47. The van der Waals surface area contributed by atoms with Crippen LogP contribution in [0.4, 0.5) is 0 Å². The summed E-state index contributed by atoms with van der Waals surface area (Å²) in [5.41, 5.74) is 18.3. The highest BCUT2D eigenvalue weighted by atomic mass is 16.2. The molecule has 9 heteroatoms. The van der Waals surface area contributed by atoms with Crippen molar-refractivity contribution in [1.82, 2.24) is 20.1 Å². The van der Waals surface area contributed by atoms with Gasteiger partial charge < -0.3 is 31.6 Å². The average molecular weight is 537 g/mol. The first-order valence-electron chi connectivity index (χ1n) is 13.1. The molecule has 1 aromatic heterocycles. The number of rotatable bonds is 5. The number of amides is 3.